The zero-order valence-electron chi connectivity index (χ0n) is 26.4. The predicted octanol–water partition coefficient (Wildman–Crippen LogP) is 8.33. The first-order valence-electron chi connectivity index (χ1n) is 15.1. The van der Waals surface area contributed by atoms with E-state index < -0.39 is 23.6 Å². The number of aryl methyl sites for hydroxylation is 4. The first kappa shape index (κ1) is 31.2. The number of halogens is 2. The topological polar surface area (TPSA) is 127 Å². The van der Waals surface area contributed by atoms with Crippen molar-refractivity contribution in [2.75, 3.05) is 21.3 Å². The van der Waals surface area contributed by atoms with Gasteiger partial charge in [-0.3, -0.25) is 19.2 Å². The van der Waals surface area contributed by atoms with Crippen molar-refractivity contribution < 1.29 is 19.2 Å². The van der Waals surface area contributed by atoms with Crippen LogP contribution in [0.4, 0.5) is 22.7 Å². The Morgan fingerprint density at radius 3 is 1.10 bits per heavy atom. The molecule has 0 spiro atoms. The Morgan fingerprint density at radius 1 is 0.458 bits per heavy atom. The van der Waals surface area contributed by atoms with Gasteiger partial charge >= 0.3 is 0 Å². The third kappa shape index (κ3) is 4.67. The molecule has 0 atom stereocenters. The van der Waals surface area contributed by atoms with E-state index in [2.05, 4.69) is 0 Å². The number of nitrogens with two attached hydrogens (primary N) is 2. The lowest BCUT2D eigenvalue weighted by Gasteiger charge is -2.20. The number of fused-ring (bicyclic) bond motifs is 2. The largest absolute Gasteiger partial charge is 0.399 e. The number of benzene rings is 5. The number of imide groups is 2. The summed E-state index contributed by atoms with van der Waals surface area (Å²) in [6, 6.07) is 20.3. The lowest BCUT2D eigenvalue weighted by Crippen LogP contribution is -2.31. The molecule has 8 nitrogen and oxygen atoms in total. The van der Waals surface area contributed by atoms with Gasteiger partial charge in [-0.15, -0.1) is 0 Å². The Kier molecular flexibility index (Phi) is 7.19. The van der Waals surface area contributed by atoms with Gasteiger partial charge in [-0.2, -0.15) is 0 Å². The summed E-state index contributed by atoms with van der Waals surface area (Å²) >= 11 is 13.4. The van der Waals surface area contributed by atoms with Crippen LogP contribution in [-0.4, -0.2) is 23.6 Å². The standard InChI is InChI=1S/C38H28Cl2N4O4/c1-17-9-23(41)10-18(2)33(17)21-5-7-25-27(13-21)37(47)43(35(25)45)31-15-30(40)32(16-29(31)39)44-36(46)26-8-6-22(14-28(26)38(44)48)34-19(3)11-24(42)12-20(34)4/h5-16H,41-42H2,1-4H3. The number of nitrogen functional groups attached to an aromatic ring is 2. The Morgan fingerprint density at radius 2 is 0.771 bits per heavy atom. The van der Waals surface area contributed by atoms with Crippen molar-refractivity contribution >= 4 is 69.6 Å². The molecule has 0 saturated heterocycles. The van der Waals surface area contributed by atoms with Crippen LogP contribution in [0, 0.1) is 27.7 Å². The van der Waals surface area contributed by atoms with E-state index in [-0.39, 0.29) is 43.7 Å². The van der Waals surface area contributed by atoms with Crippen LogP contribution < -0.4 is 21.3 Å². The van der Waals surface area contributed by atoms with Gasteiger partial charge in [0.05, 0.1) is 43.7 Å². The van der Waals surface area contributed by atoms with Crippen molar-refractivity contribution in [2.45, 2.75) is 27.7 Å². The van der Waals surface area contributed by atoms with Crippen molar-refractivity contribution in [1.82, 2.24) is 0 Å². The zero-order valence-corrected chi connectivity index (χ0v) is 27.9. The van der Waals surface area contributed by atoms with Gasteiger partial charge in [0.1, 0.15) is 0 Å². The normalized spacial score (nSPS) is 13.9. The van der Waals surface area contributed by atoms with Crippen LogP contribution in [0.5, 0.6) is 0 Å². The molecule has 0 unspecified atom stereocenters. The van der Waals surface area contributed by atoms with Gasteiger partial charge < -0.3 is 11.5 Å². The molecule has 10 heteroatoms. The van der Waals surface area contributed by atoms with Gasteiger partial charge in [-0.05, 0) is 133 Å². The van der Waals surface area contributed by atoms with Crippen molar-refractivity contribution in [3.8, 4) is 22.3 Å². The van der Waals surface area contributed by atoms with Gasteiger partial charge in [0.25, 0.3) is 23.6 Å². The van der Waals surface area contributed by atoms with Crippen LogP contribution in [0.1, 0.15) is 63.7 Å². The molecule has 0 radical (unpaired) electrons. The highest BCUT2D eigenvalue weighted by Crippen LogP contribution is 2.43. The molecule has 7 rings (SSSR count). The van der Waals surface area contributed by atoms with Crippen LogP contribution >= 0.6 is 23.2 Å². The monoisotopic (exact) mass is 674 g/mol. The summed E-state index contributed by atoms with van der Waals surface area (Å²) in [5.41, 5.74) is 21.3. The molecular weight excluding hydrogens is 647 g/mol. The third-order valence-electron chi connectivity index (χ3n) is 8.96. The minimum absolute atomic E-state index is 0.0335. The number of hydrogen-bond acceptors (Lipinski definition) is 6. The highest BCUT2D eigenvalue weighted by Gasteiger charge is 2.41. The van der Waals surface area contributed by atoms with Gasteiger partial charge in [0.15, 0.2) is 0 Å². The fourth-order valence-electron chi connectivity index (χ4n) is 7.00. The van der Waals surface area contributed by atoms with Crippen LogP contribution in [0.2, 0.25) is 10.0 Å². The summed E-state index contributed by atoms with van der Waals surface area (Å²) < 4.78 is 0. The molecule has 0 bridgehead atoms. The molecule has 2 heterocycles. The number of hydrogen-bond donors (Lipinski definition) is 2. The Balaban J connectivity index is 1.23. The molecule has 48 heavy (non-hydrogen) atoms. The van der Waals surface area contributed by atoms with E-state index in [1.54, 1.807) is 36.4 Å². The quantitative estimate of drug-likeness (QED) is 0.146. The first-order valence-corrected chi connectivity index (χ1v) is 15.8. The number of rotatable bonds is 4. The van der Waals surface area contributed by atoms with Gasteiger partial charge in [-0.25, -0.2) is 9.80 Å². The molecule has 0 fully saturated rings. The van der Waals surface area contributed by atoms with E-state index in [1.165, 1.54) is 12.1 Å². The smallest absolute Gasteiger partial charge is 0.266 e. The Hall–Kier alpha value is -5.44. The molecule has 0 aliphatic carbocycles. The number of carbonyl (C=O) groups excluding carboxylic acids is 4. The van der Waals surface area contributed by atoms with E-state index in [9.17, 15) is 19.2 Å². The minimum atomic E-state index is -0.574. The summed E-state index contributed by atoms with van der Waals surface area (Å²) in [5.74, 6) is -2.29. The molecule has 238 valence electrons. The van der Waals surface area contributed by atoms with Crippen LogP contribution in [0.15, 0.2) is 72.8 Å². The SMILES string of the molecule is Cc1cc(N)cc(C)c1-c1ccc2c(c1)C(=O)N(c1cc(Cl)c(N3C(=O)c4ccc(-c5c(C)cc(N)cc5C)cc4C3=O)cc1Cl)C2=O. The molecule has 2 aliphatic heterocycles. The van der Waals surface area contributed by atoms with E-state index in [4.69, 9.17) is 34.7 Å². The maximum Gasteiger partial charge on any atom is 0.266 e. The number of anilines is 4. The number of nitrogens with zero attached hydrogens (tertiary/aromatic N) is 2. The van der Waals surface area contributed by atoms with Gasteiger partial charge in [0.2, 0.25) is 0 Å². The van der Waals surface area contributed by atoms with E-state index in [1.807, 2.05) is 52.0 Å². The van der Waals surface area contributed by atoms with E-state index >= 15 is 0 Å². The van der Waals surface area contributed by atoms with Crippen LogP contribution in [0.25, 0.3) is 22.3 Å². The second-order valence-electron chi connectivity index (χ2n) is 12.2. The highest BCUT2D eigenvalue weighted by molar-refractivity contribution is 6.44. The Bertz CT molecular complexity index is 2120. The van der Waals surface area contributed by atoms with Crippen LogP contribution in [-0.2, 0) is 0 Å². The number of amides is 4. The molecule has 5 aromatic rings. The summed E-state index contributed by atoms with van der Waals surface area (Å²) in [6.07, 6.45) is 0. The third-order valence-corrected chi connectivity index (χ3v) is 9.56. The minimum Gasteiger partial charge on any atom is -0.399 e. The van der Waals surface area contributed by atoms with Crippen molar-refractivity contribution in [1.29, 1.82) is 0 Å². The molecule has 2 aliphatic rings. The van der Waals surface area contributed by atoms with Crippen molar-refractivity contribution in [2.24, 2.45) is 0 Å². The summed E-state index contributed by atoms with van der Waals surface area (Å²) in [6.45, 7) is 7.74. The molecule has 0 saturated carbocycles. The maximum absolute atomic E-state index is 13.7. The summed E-state index contributed by atoms with van der Waals surface area (Å²) in [7, 11) is 0. The summed E-state index contributed by atoms with van der Waals surface area (Å²) in [4.78, 5) is 56.5. The highest BCUT2D eigenvalue weighted by atomic mass is 35.5. The van der Waals surface area contributed by atoms with E-state index in [0.29, 0.717) is 11.4 Å². The van der Waals surface area contributed by atoms with Gasteiger partial charge in [-0.1, -0.05) is 35.3 Å². The summed E-state index contributed by atoms with van der Waals surface area (Å²) in [5, 5.41) is -0.0838. The fraction of sp³-hybridized carbons (Fsp3) is 0.105. The van der Waals surface area contributed by atoms with Crippen molar-refractivity contribution in [3.05, 3.63) is 127 Å². The number of carbonyl (C=O) groups is 4. The second-order valence-corrected chi connectivity index (χ2v) is 13.0. The second kappa shape index (κ2) is 11.1. The van der Waals surface area contributed by atoms with Crippen molar-refractivity contribution in [3.63, 3.8) is 0 Å². The fourth-order valence-corrected chi connectivity index (χ4v) is 7.49. The van der Waals surface area contributed by atoms with Gasteiger partial charge in [0, 0.05) is 11.4 Å². The predicted molar refractivity (Wildman–Crippen MR) is 190 cm³/mol. The molecule has 4 N–H and O–H groups in total. The average Bonchev–Trinajstić information content (AvgIpc) is 3.40. The maximum atomic E-state index is 13.7. The lowest BCUT2D eigenvalue weighted by atomic mass is 9.93. The first-order chi connectivity index (χ1) is 22.8. The lowest BCUT2D eigenvalue weighted by molar-refractivity contribution is 0.0909. The molecular formula is C38H28Cl2N4O4. The zero-order chi connectivity index (χ0) is 34.3. The Labute approximate surface area is 286 Å². The molecule has 4 amide bonds. The molecule has 0 aromatic heterocycles. The average molecular weight is 676 g/mol. The molecule has 5 aromatic carbocycles. The van der Waals surface area contributed by atoms with Crippen LogP contribution in [0.3, 0.4) is 0 Å². The van der Waals surface area contributed by atoms with E-state index in [0.717, 1.165) is 54.3 Å².